The van der Waals surface area contributed by atoms with Gasteiger partial charge < -0.3 is 5.32 Å². The van der Waals surface area contributed by atoms with Gasteiger partial charge in [0.25, 0.3) is 0 Å². The number of pyridine rings is 2. The quantitative estimate of drug-likeness (QED) is 0.752. The molecule has 0 bridgehead atoms. The summed E-state index contributed by atoms with van der Waals surface area (Å²) in [5.41, 5.74) is 2.47. The Morgan fingerprint density at radius 3 is 2.75 bits per heavy atom. The number of nitriles is 1. The molecule has 0 aliphatic heterocycles. The second-order valence-corrected chi connectivity index (χ2v) is 5.18. The van der Waals surface area contributed by atoms with Crippen LogP contribution in [0.3, 0.4) is 0 Å². The van der Waals surface area contributed by atoms with Crippen molar-refractivity contribution in [2.45, 2.75) is 12.3 Å². The topological polar surface area (TPSA) is 87.4 Å². The maximum atomic E-state index is 9.47. The van der Waals surface area contributed by atoms with Gasteiger partial charge in [0.15, 0.2) is 0 Å². The van der Waals surface area contributed by atoms with Crippen LogP contribution in [0.15, 0.2) is 61.3 Å². The second-order valence-electron chi connectivity index (χ2n) is 5.18. The highest BCUT2D eigenvalue weighted by Crippen LogP contribution is 2.21. The van der Waals surface area contributed by atoms with Crippen molar-refractivity contribution in [3.05, 3.63) is 78.3 Å². The summed E-state index contributed by atoms with van der Waals surface area (Å²) >= 11 is 0. The molecule has 1 atom stereocenters. The smallest absolute Gasteiger partial charge is 0.131 e. The standard InChI is InChI=1S/C18H16N6/c19-11-15(16-5-1-2-8-21-16)17-10-18(24-13-23-17)22-9-6-14-4-3-7-20-12-14/h1-5,7-8,10,12-13,15H,6,9H2,(H,22,23,24). The lowest BCUT2D eigenvalue weighted by atomic mass is 10.0. The maximum Gasteiger partial charge on any atom is 0.131 e. The number of nitrogens with one attached hydrogen (secondary N) is 1. The molecule has 3 rings (SSSR count). The first-order valence-corrected chi connectivity index (χ1v) is 7.62. The van der Waals surface area contributed by atoms with Gasteiger partial charge in [-0.1, -0.05) is 12.1 Å². The monoisotopic (exact) mass is 316 g/mol. The number of hydrogen-bond donors (Lipinski definition) is 1. The fraction of sp³-hybridized carbons (Fsp3) is 0.167. The molecule has 6 heteroatoms. The Kier molecular flexibility index (Phi) is 5.05. The largest absolute Gasteiger partial charge is 0.370 e. The van der Waals surface area contributed by atoms with Crippen LogP contribution in [0.25, 0.3) is 0 Å². The number of hydrogen-bond acceptors (Lipinski definition) is 6. The zero-order valence-electron chi connectivity index (χ0n) is 13.0. The van der Waals surface area contributed by atoms with Gasteiger partial charge in [-0.25, -0.2) is 9.97 Å². The molecule has 1 unspecified atom stereocenters. The van der Waals surface area contributed by atoms with Gasteiger partial charge in [-0.15, -0.1) is 0 Å². The summed E-state index contributed by atoms with van der Waals surface area (Å²) in [6, 6.07) is 13.5. The molecule has 3 aromatic rings. The highest BCUT2D eigenvalue weighted by molar-refractivity contribution is 5.40. The average molecular weight is 316 g/mol. The van der Waals surface area contributed by atoms with Crippen molar-refractivity contribution in [1.29, 1.82) is 5.26 Å². The predicted molar refractivity (Wildman–Crippen MR) is 90.2 cm³/mol. The van der Waals surface area contributed by atoms with E-state index in [0.717, 1.165) is 18.5 Å². The minimum absolute atomic E-state index is 0.506. The van der Waals surface area contributed by atoms with E-state index in [1.807, 2.05) is 36.5 Å². The summed E-state index contributed by atoms with van der Waals surface area (Å²) < 4.78 is 0. The Bertz CT molecular complexity index is 814. The highest BCUT2D eigenvalue weighted by Gasteiger charge is 2.16. The molecule has 0 aromatic carbocycles. The molecule has 0 aliphatic rings. The van der Waals surface area contributed by atoms with E-state index in [2.05, 4.69) is 31.3 Å². The number of anilines is 1. The number of aromatic nitrogens is 4. The van der Waals surface area contributed by atoms with Gasteiger partial charge in [-0.3, -0.25) is 9.97 Å². The molecular formula is C18H16N6. The van der Waals surface area contributed by atoms with Crippen LogP contribution in [-0.2, 0) is 6.42 Å². The van der Waals surface area contributed by atoms with Gasteiger partial charge in [0.2, 0.25) is 0 Å². The van der Waals surface area contributed by atoms with Crippen molar-refractivity contribution in [2.75, 3.05) is 11.9 Å². The van der Waals surface area contributed by atoms with Crippen LogP contribution < -0.4 is 5.32 Å². The minimum atomic E-state index is -0.506. The molecule has 0 aliphatic carbocycles. The molecule has 6 nitrogen and oxygen atoms in total. The van der Waals surface area contributed by atoms with E-state index in [1.54, 1.807) is 18.5 Å². The Morgan fingerprint density at radius 2 is 2.00 bits per heavy atom. The second kappa shape index (κ2) is 7.79. The van der Waals surface area contributed by atoms with Crippen LogP contribution in [0.4, 0.5) is 5.82 Å². The van der Waals surface area contributed by atoms with Gasteiger partial charge in [-0.2, -0.15) is 5.26 Å². The zero-order valence-corrected chi connectivity index (χ0v) is 13.0. The van der Waals surface area contributed by atoms with E-state index in [0.29, 0.717) is 17.2 Å². The van der Waals surface area contributed by atoms with Crippen LogP contribution in [0, 0.1) is 11.3 Å². The van der Waals surface area contributed by atoms with Gasteiger partial charge in [0.1, 0.15) is 18.1 Å². The third kappa shape index (κ3) is 3.90. The third-order valence-corrected chi connectivity index (χ3v) is 3.54. The Hall–Kier alpha value is -3.33. The first-order valence-electron chi connectivity index (χ1n) is 7.62. The van der Waals surface area contributed by atoms with Crippen molar-refractivity contribution in [3.63, 3.8) is 0 Å². The summed E-state index contributed by atoms with van der Waals surface area (Å²) in [7, 11) is 0. The lowest BCUT2D eigenvalue weighted by molar-refractivity contribution is 0.898. The molecule has 0 saturated carbocycles. The Balaban J connectivity index is 1.68. The summed E-state index contributed by atoms with van der Waals surface area (Å²) in [4.78, 5) is 16.8. The fourth-order valence-electron chi connectivity index (χ4n) is 2.34. The van der Waals surface area contributed by atoms with Gasteiger partial charge in [-0.05, 0) is 30.2 Å². The summed E-state index contributed by atoms with van der Waals surface area (Å²) in [5.74, 6) is 0.188. The molecule has 0 radical (unpaired) electrons. The normalized spacial score (nSPS) is 11.5. The van der Waals surface area contributed by atoms with E-state index in [1.165, 1.54) is 6.33 Å². The fourth-order valence-corrected chi connectivity index (χ4v) is 2.34. The van der Waals surface area contributed by atoms with Crippen LogP contribution >= 0.6 is 0 Å². The van der Waals surface area contributed by atoms with E-state index in [-0.39, 0.29) is 0 Å². The molecule has 0 amide bonds. The number of rotatable bonds is 6. The van der Waals surface area contributed by atoms with E-state index >= 15 is 0 Å². The van der Waals surface area contributed by atoms with Crippen LogP contribution in [0.1, 0.15) is 22.9 Å². The lowest BCUT2D eigenvalue weighted by Gasteiger charge is -2.10. The zero-order chi connectivity index (χ0) is 16.6. The Labute approximate surface area is 140 Å². The molecule has 24 heavy (non-hydrogen) atoms. The third-order valence-electron chi connectivity index (χ3n) is 3.54. The predicted octanol–water partition coefficient (Wildman–Crippen LogP) is 2.58. The van der Waals surface area contributed by atoms with Crippen molar-refractivity contribution in [1.82, 2.24) is 19.9 Å². The first kappa shape index (κ1) is 15.6. The van der Waals surface area contributed by atoms with Crippen molar-refractivity contribution in [2.24, 2.45) is 0 Å². The van der Waals surface area contributed by atoms with Crippen molar-refractivity contribution >= 4 is 5.82 Å². The molecule has 1 N–H and O–H groups in total. The van der Waals surface area contributed by atoms with Crippen molar-refractivity contribution in [3.8, 4) is 6.07 Å². The van der Waals surface area contributed by atoms with Crippen LogP contribution in [0.2, 0.25) is 0 Å². The van der Waals surface area contributed by atoms with E-state index < -0.39 is 5.92 Å². The van der Waals surface area contributed by atoms with Crippen LogP contribution in [0.5, 0.6) is 0 Å². The van der Waals surface area contributed by atoms with Gasteiger partial charge >= 0.3 is 0 Å². The molecule has 0 spiro atoms. The number of nitrogens with zero attached hydrogens (tertiary/aromatic N) is 5. The Morgan fingerprint density at radius 1 is 1.04 bits per heavy atom. The van der Waals surface area contributed by atoms with E-state index in [9.17, 15) is 5.26 Å². The highest BCUT2D eigenvalue weighted by atomic mass is 15.0. The molecule has 3 heterocycles. The van der Waals surface area contributed by atoms with Crippen molar-refractivity contribution < 1.29 is 0 Å². The molecule has 0 saturated heterocycles. The molecule has 3 aromatic heterocycles. The SMILES string of the molecule is N#CC(c1ccccn1)c1cc(NCCc2cccnc2)ncn1. The summed E-state index contributed by atoms with van der Waals surface area (Å²) in [5, 5.41) is 12.7. The molecular weight excluding hydrogens is 300 g/mol. The summed E-state index contributed by atoms with van der Waals surface area (Å²) in [6.45, 7) is 0.725. The lowest BCUT2D eigenvalue weighted by Crippen LogP contribution is -2.09. The van der Waals surface area contributed by atoms with Crippen LogP contribution in [-0.4, -0.2) is 26.5 Å². The maximum absolute atomic E-state index is 9.47. The van der Waals surface area contributed by atoms with E-state index in [4.69, 9.17) is 0 Å². The minimum Gasteiger partial charge on any atom is -0.370 e. The summed E-state index contributed by atoms with van der Waals surface area (Å²) in [6.07, 6.45) is 7.59. The van der Waals surface area contributed by atoms with Gasteiger partial charge in [0, 0.05) is 31.2 Å². The van der Waals surface area contributed by atoms with Gasteiger partial charge in [0.05, 0.1) is 17.5 Å². The molecule has 0 fully saturated rings. The first-order chi connectivity index (χ1) is 11.9. The average Bonchev–Trinajstić information content (AvgIpc) is 2.65. The molecule has 118 valence electrons.